The Morgan fingerprint density at radius 2 is 1.50 bits per heavy atom. The van der Waals surface area contributed by atoms with E-state index in [9.17, 15) is 0 Å². The maximum Gasteiger partial charge on any atom is 0.106 e. The summed E-state index contributed by atoms with van der Waals surface area (Å²) in [6, 6.07) is 11.6. The molecule has 1 aliphatic rings. The summed E-state index contributed by atoms with van der Waals surface area (Å²) in [5.74, 6) is 0. The van der Waals surface area contributed by atoms with Crippen LogP contribution in [0, 0.1) is 0 Å². The second-order valence-electron chi connectivity index (χ2n) is 3.52. The summed E-state index contributed by atoms with van der Waals surface area (Å²) in [6.45, 7) is 0.733. The summed E-state index contributed by atoms with van der Waals surface area (Å²) in [5.41, 5.74) is 1.83. The summed E-state index contributed by atoms with van der Waals surface area (Å²) in [5, 5.41) is 0. The standard InChI is InChI=1S/C10H8N2.C5H6O/c1-3-7-11-9(5-1)10-6-2-4-8-12-10;1-2-4-6-5-3-1/h1-8H;1-4H,5H2. The molecular formula is C15H14N2O. The molecule has 0 saturated heterocycles. The molecule has 0 atom stereocenters. The van der Waals surface area contributed by atoms with Gasteiger partial charge in [0.2, 0.25) is 0 Å². The van der Waals surface area contributed by atoms with Crippen LogP contribution in [0.1, 0.15) is 0 Å². The van der Waals surface area contributed by atoms with Crippen LogP contribution in [0.15, 0.2) is 73.3 Å². The lowest BCUT2D eigenvalue weighted by Gasteiger charge is -1.96. The predicted octanol–water partition coefficient (Wildman–Crippen LogP) is 3.23. The number of ether oxygens (including phenoxy) is 1. The lowest BCUT2D eigenvalue weighted by Crippen LogP contribution is -1.83. The second kappa shape index (κ2) is 7.01. The molecule has 3 heterocycles. The van der Waals surface area contributed by atoms with E-state index in [-0.39, 0.29) is 0 Å². The molecule has 0 unspecified atom stereocenters. The first kappa shape index (κ1) is 12.0. The van der Waals surface area contributed by atoms with E-state index in [0.717, 1.165) is 18.0 Å². The van der Waals surface area contributed by atoms with Gasteiger partial charge in [0.25, 0.3) is 0 Å². The van der Waals surface area contributed by atoms with Crippen molar-refractivity contribution in [1.82, 2.24) is 9.97 Å². The minimum atomic E-state index is 0.733. The van der Waals surface area contributed by atoms with E-state index in [1.165, 1.54) is 0 Å². The third-order valence-corrected chi connectivity index (χ3v) is 2.21. The van der Waals surface area contributed by atoms with E-state index in [2.05, 4.69) is 9.97 Å². The summed E-state index contributed by atoms with van der Waals surface area (Å²) in [7, 11) is 0. The monoisotopic (exact) mass is 238 g/mol. The maximum atomic E-state index is 4.80. The minimum Gasteiger partial charge on any atom is -0.497 e. The highest BCUT2D eigenvalue weighted by molar-refractivity contribution is 5.52. The van der Waals surface area contributed by atoms with Crippen molar-refractivity contribution in [2.45, 2.75) is 0 Å². The predicted molar refractivity (Wildman–Crippen MR) is 71.7 cm³/mol. The normalized spacial score (nSPS) is 12.2. The van der Waals surface area contributed by atoms with Gasteiger partial charge in [-0.1, -0.05) is 18.2 Å². The van der Waals surface area contributed by atoms with Crippen LogP contribution in [0.5, 0.6) is 0 Å². The van der Waals surface area contributed by atoms with E-state index >= 15 is 0 Å². The number of aromatic nitrogens is 2. The van der Waals surface area contributed by atoms with Crippen LogP contribution in [-0.4, -0.2) is 16.6 Å². The van der Waals surface area contributed by atoms with Gasteiger partial charge in [0.05, 0.1) is 17.6 Å². The molecule has 90 valence electrons. The van der Waals surface area contributed by atoms with Gasteiger partial charge in [-0.25, -0.2) is 0 Å². The van der Waals surface area contributed by atoms with Crippen LogP contribution in [0.25, 0.3) is 11.4 Å². The first-order valence-electron chi connectivity index (χ1n) is 5.72. The topological polar surface area (TPSA) is 35.0 Å². The Kier molecular flexibility index (Phi) is 4.69. The van der Waals surface area contributed by atoms with Crippen LogP contribution in [0.3, 0.4) is 0 Å². The number of pyridine rings is 2. The summed E-state index contributed by atoms with van der Waals surface area (Å²) < 4.78 is 4.80. The SMILES string of the molecule is C1=CCOC=C1.c1ccc(-c2ccccn2)nc1. The van der Waals surface area contributed by atoms with E-state index in [4.69, 9.17) is 4.74 Å². The Bertz CT molecular complexity index is 457. The number of allylic oxidation sites excluding steroid dienone is 2. The van der Waals surface area contributed by atoms with E-state index in [1.807, 2.05) is 54.6 Å². The number of hydrogen-bond acceptors (Lipinski definition) is 3. The highest BCUT2D eigenvalue weighted by Gasteiger charge is 1.95. The Balaban J connectivity index is 0.000000169. The van der Waals surface area contributed by atoms with Gasteiger partial charge in [-0.15, -0.1) is 0 Å². The molecule has 18 heavy (non-hydrogen) atoms. The molecule has 0 bridgehead atoms. The summed E-state index contributed by atoms with van der Waals surface area (Å²) in [6.07, 6.45) is 11.0. The third kappa shape index (κ3) is 3.87. The van der Waals surface area contributed by atoms with Crippen molar-refractivity contribution >= 4 is 0 Å². The highest BCUT2D eigenvalue weighted by atomic mass is 16.5. The fraction of sp³-hybridized carbons (Fsp3) is 0.0667. The fourth-order valence-corrected chi connectivity index (χ4v) is 1.37. The van der Waals surface area contributed by atoms with Crippen molar-refractivity contribution in [3.8, 4) is 11.4 Å². The molecule has 2 aromatic heterocycles. The Morgan fingerprint density at radius 1 is 0.833 bits per heavy atom. The molecule has 3 heteroatoms. The number of hydrogen-bond donors (Lipinski definition) is 0. The molecular weight excluding hydrogens is 224 g/mol. The second-order valence-corrected chi connectivity index (χ2v) is 3.52. The molecule has 3 nitrogen and oxygen atoms in total. The Labute approximate surface area is 106 Å². The molecule has 0 radical (unpaired) electrons. The molecule has 2 aromatic rings. The van der Waals surface area contributed by atoms with Gasteiger partial charge >= 0.3 is 0 Å². The smallest absolute Gasteiger partial charge is 0.106 e. The van der Waals surface area contributed by atoms with Crippen molar-refractivity contribution < 1.29 is 4.74 Å². The van der Waals surface area contributed by atoms with Crippen LogP contribution in [0.2, 0.25) is 0 Å². The minimum absolute atomic E-state index is 0.733. The molecule has 0 N–H and O–H groups in total. The van der Waals surface area contributed by atoms with Crippen molar-refractivity contribution in [3.63, 3.8) is 0 Å². The lowest BCUT2D eigenvalue weighted by molar-refractivity contribution is 0.286. The average Bonchev–Trinajstić information content (AvgIpc) is 2.51. The first-order chi connectivity index (χ1) is 8.97. The zero-order valence-electron chi connectivity index (χ0n) is 9.94. The largest absolute Gasteiger partial charge is 0.497 e. The average molecular weight is 238 g/mol. The zero-order valence-corrected chi connectivity index (χ0v) is 9.94. The van der Waals surface area contributed by atoms with E-state index in [0.29, 0.717) is 0 Å². The third-order valence-electron chi connectivity index (χ3n) is 2.21. The van der Waals surface area contributed by atoms with Gasteiger partial charge in [-0.05, 0) is 36.4 Å². The highest BCUT2D eigenvalue weighted by Crippen LogP contribution is 2.10. The van der Waals surface area contributed by atoms with Crippen LogP contribution in [-0.2, 0) is 4.74 Å². The fourth-order valence-electron chi connectivity index (χ4n) is 1.37. The number of nitrogens with zero attached hydrogens (tertiary/aromatic N) is 2. The van der Waals surface area contributed by atoms with Crippen molar-refractivity contribution in [1.29, 1.82) is 0 Å². The van der Waals surface area contributed by atoms with Gasteiger partial charge in [0.15, 0.2) is 0 Å². The van der Waals surface area contributed by atoms with E-state index in [1.54, 1.807) is 18.7 Å². The van der Waals surface area contributed by atoms with Crippen molar-refractivity contribution in [3.05, 3.63) is 73.3 Å². The molecule has 0 amide bonds. The van der Waals surface area contributed by atoms with Gasteiger partial charge in [-0.2, -0.15) is 0 Å². The molecule has 0 aliphatic carbocycles. The number of rotatable bonds is 1. The summed E-state index contributed by atoms with van der Waals surface area (Å²) in [4.78, 5) is 8.37. The maximum absolute atomic E-state index is 4.80. The quantitative estimate of drug-likeness (QED) is 0.765. The van der Waals surface area contributed by atoms with E-state index < -0.39 is 0 Å². The molecule has 0 fully saturated rings. The zero-order chi connectivity index (χ0) is 12.5. The summed E-state index contributed by atoms with van der Waals surface area (Å²) >= 11 is 0. The Morgan fingerprint density at radius 3 is 1.78 bits per heavy atom. The van der Waals surface area contributed by atoms with Gasteiger partial charge in [-0.3, -0.25) is 9.97 Å². The first-order valence-corrected chi connectivity index (χ1v) is 5.72. The molecule has 1 aliphatic heterocycles. The molecule has 0 aromatic carbocycles. The Hall–Kier alpha value is -2.42. The van der Waals surface area contributed by atoms with Gasteiger partial charge in [0, 0.05) is 12.4 Å². The van der Waals surface area contributed by atoms with Gasteiger partial charge < -0.3 is 4.74 Å². The lowest BCUT2D eigenvalue weighted by atomic mass is 10.2. The molecule has 0 spiro atoms. The van der Waals surface area contributed by atoms with Gasteiger partial charge in [0.1, 0.15) is 6.61 Å². The van der Waals surface area contributed by atoms with Crippen LogP contribution >= 0.6 is 0 Å². The van der Waals surface area contributed by atoms with Crippen molar-refractivity contribution in [2.24, 2.45) is 0 Å². The van der Waals surface area contributed by atoms with Crippen LogP contribution in [0.4, 0.5) is 0 Å². The van der Waals surface area contributed by atoms with Crippen LogP contribution < -0.4 is 0 Å². The molecule has 3 rings (SSSR count). The van der Waals surface area contributed by atoms with Crippen molar-refractivity contribution in [2.75, 3.05) is 6.61 Å². The molecule has 0 saturated carbocycles.